The molecule has 0 fully saturated rings. The van der Waals surface area contributed by atoms with Gasteiger partial charge in [0.05, 0.1) is 16.9 Å². The molecular formula is C12H12N4O. The number of aryl methyl sites for hydroxylation is 2. The maximum Gasteiger partial charge on any atom is 0.217 e. The molecule has 1 heterocycles. The van der Waals surface area contributed by atoms with Crippen LogP contribution in [0, 0.1) is 18.3 Å². The molecule has 0 amide bonds. The van der Waals surface area contributed by atoms with Gasteiger partial charge in [-0.05, 0) is 19.1 Å². The second-order valence-corrected chi connectivity index (χ2v) is 3.71. The van der Waals surface area contributed by atoms with Gasteiger partial charge < -0.3 is 10.5 Å². The van der Waals surface area contributed by atoms with E-state index in [9.17, 15) is 0 Å². The number of nitrogens with two attached hydrogens (primary N) is 1. The minimum absolute atomic E-state index is 0.406. The van der Waals surface area contributed by atoms with Gasteiger partial charge >= 0.3 is 0 Å². The molecule has 0 spiro atoms. The highest BCUT2D eigenvalue weighted by Crippen LogP contribution is 2.25. The third-order valence-corrected chi connectivity index (χ3v) is 2.32. The molecule has 2 rings (SSSR count). The van der Waals surface area contributed by atoms with Gasteiger partial charge in [0.15, 0.2) is 0 Å². The first-order valence-electron chi connectivity index (χ1n) is 5.08. The first-order chi connectivity index (χ1) is 8.10. The molecule has 0 aliphatic carbocycles. The molecule has 1 aromatic heterocycles. The summed E-state index contributed by atoms with van der Waals surface area (Å²) in [5.41, 5.74) is 7.43. The lowest BCUT2D eigenvalue weighted by molar-refractivity contribution is 0.431. The van der Waals surface area contributed by atoms with Crippen LogP contribution in [-0.4, -0.2) is 9.78 Å². The van der Waals surface area contributed by atoms with E-state index in [4.69, 9.17) is 15.7 Å². The predicted molar refractivity (Wildman–Crippen MR) is 63.6 cm³/mol. The van der Waals surface area contributed by atoms with Crippen molar-refractivity contribution < 1.29 is 4.74 Å². The third-order valence-electron chi connectivity index (χ3n) is 2.32. The fourth-order valence-electron chi connectivity index (χ4n) is 1.51. The lowest BCUT2D eigenvalue weighted by atomic mass is 10.2. The molecule has 0 aliphatic heterocycles. The SMILES string of the molecule is Cc1cc(Oc2ccc(C#N)c(N)c2)n(C)n1. The van der Waals surface area contributed by atoms with Crippen LogP contribution in [0.15, 0.2) is 24.3 Å². The number of rotatable bonds is 2. The van der Waals surface area contributed by atoms with E-state index in [2.05, 4.69) is 5.10 Å². The van der Waals surface area contributed by atoms with E-state index in [1.54, 1.807) is 29.9 Å². The van der Waals surface area contributed by atoms with Gasteiger partial charge in [-0.25, -0.2) is 4.68 Å². The number of aromatic nitrogens is 2. The van der Waals surface area contributed by atoms with Gasteiger partial charge in [0.1, 0.15) is 11.8 Å². The lowest BCUT2D eigenvalue weighted by Crippen LogP contribution is -1.96. The lowest BCUT2D eigenvalue weighted by Gasteiger charge is -2.06. The average Bonchev–Trinajstić information content (AvgIpc) is 2.58. The zero-order chi connectivity index (χ0) is 12.4. The largest absolute Gasteiger partial charge is 0.439 e. The molecule has 2 aromatic rings. The van der Waals surface area contributed by atoms with E-state index in [1.807, 2.05) is 19.1 Å². The molecule has 5 heteroatoms. The van der Waals surface area contributed by atoms with Gasteiger partial charge in [-0.2, -0.15) is 10.4 Å². The Balaban J connectivity index is 2.28. The Morgan fingerprint density at radius 2 is 2.18 bits per heavy atom. The molecule has 2 N–H and O–H groups in total. The van der Waals surface area contributed by atoms with Crippen molar-refractivity contribution >= 4 is 5.69 Å². The van der Waals surface area contributed by atoms with Crippen molar-refractivity contribution in [1.29, 1.82) is 5.26 Å². The standard InChI is InChI=1S/C12H12N4O/c1-8-5-12(16(2)15-8)17-10-4-3-9(7-13)11(14)6-10/h3-6H,14H2,1-2H3. The Morgan fingerprint density at radius 3 is 2.71 bits per heavy atom. The number of nitriles is 1. The fourth-order valence-corrected chi connectivity index (χ4v) is 1.51. The van der Waals surface area contributed by atoms with Gasteiger partial charge in [0.25, 0.3) is 0 Å². The quantitative estimate of drug-likeness (QED) is 0.797. The first kappa shape index (κ1) is 11.0. The summed E-state index contributed by atoms with van der Waals surface area (Å²) in [6.45, 7) is 1.89. The van der Waals surface area contributed by atoms with Crippen molar-refractivity contribution in [2.45, 2.75) is 6.92 Å². The Kier molecular flexibility index (Phi) is 2.71. The van der Waals surface area contributed by atoms with Crippen molar-refractivity contribution in [3.8, 4) is 17.7 Å². The number of benzene rings is 1. The molecule has 0 unspecified atom stereocenters. The zero-order valence-electron chi connectivity index (χ0n) is 9.64. The number of hydrogen-bond donors (Lipinski definition) is 1. The molecule has 1 aromatic carbocycles. The van der Waals surface area contributed by atoms with E-state index in [-0.39, 0.29) is 0 Å². The molecule has 0 atom stereocenters. The monoisotopic (exact) mass is 228 g/mol. The maximum atomic E-state index is 8.76. The third kappa shape index (κ3) is 2.21. The number of nitrogen functional groups attached to an aromatic ring is 1. The van der Waals surface area contributed by atoms with E-state index in [0.29, 0.717) is 22.9 Å². The van der Waals surface area contributed by atoms with E-state index in [0.717, 1.165) is 5.69 Å². The molecule has 5 nitrogen and oxygen atoms in total. The summed E-state index contributed by atoms with van der Waals surface area (Å²) in [6.07, 6.45) is 0. The van der Waals surface area contributed by atoms with Crippen LogP contribution in [0.2, 0.25) is 0 Å². The van der Waals surface area contributed by atoms with Gasteiger partial charge in [-0.3, -0.25) is 0 Å². The normalized spacial score (nSPS) is 9.94. The minimum Gasteiger partial charge on any atom is -0.439 e. The summed E-state index contributed by atoms with van der Waals surface area (Å²) in [4.78, 5) is 0. The van der Waals surface area contributed by atoms with Crippen LogP contribution in [-0.2, 0) is 7.05 Å². The summed E-state index contributed by atoms with van der Waals surface area (Å²) in [5.74, 6) is 1.22. The minimum atomic E-state index is 0.406. The van der Waals surface area contributed by atoms with Crippen molar-refractivity contribution in [1.82, 2.24) is 9.78 Å². The average molecular weight is 228 g/mol. The summed E-state index contributed by atoms with van der Waals surface area (Å²) < 4.78 is 7.26. The van der Waals surface area contributed by atoms with Crippen molar-refractivity contribution in [3.63, 3.8) is 0 Å². The van der Waals surface area contributed by atoms with Crippen LogP contribution < -0.4 is 10.5 Å². The number of ether oxygens (including phenoxy) is 1. The number of nitrogens with zero attached hydrogens (tertiary/aromatic N) is 3. The van der Waals surface area contributed by atoms with Gasteiger partial charge in [-0.15, -0.1) is 0 Å². The molecule has 17 heavy (non-hydrogen) atoms. The Labute approximate surface area is 99.0 Å². The van der Waals surface area contributed by atoms with Crippen molar-refractivity contribution in [3.05, 3.63) is 35.5 Å². The molecule has 0 saturated carbocycles. The van der Waals surface area contributed by atoms with Gasteiger partial charge in [0, 0.05) is 19.2 Å². The highest BCUT2D eigenvalue weighted by molar-refractivity contribution is 5.57. The molecule has 0 bridgehead atoms. The van der Waals surface area contributed by atoms with Crippen molar-refractivity contribution in [2.75, 3.05) is 5.73 Å². The summed E-state index contributed by atoms with van der Waals surface area (Å²) in [5, 5.41) is 12.9. The zero-order valence-corrected chi connectivity index (χ0v) is 9.64. The second kappa shape index (κ2) is 4.18. The Bertz CT molecular complexity index is 595. The van der Waals surface area contributed by atoms with Crippen LogP contribution in [0.3, 0.4) is 0 Å². The second-order valence-electron chi connectivity index (χ2n) is 3.71. The molecular weight excluding hydrogens is 216 g/mol. The fraction of sp³-hybridized carbons (Fsp3) is 0.167. The topological polar surface area (TPSA) is 76.9 Å². The molecule has 0 aliphatic rings. The summed E-state index contributed by atoms with van der Waals surface area (Å²) >= 11 is 0. The van der Waals surface area contributed by atoms with Gasteiger partial charge in [-0.1, -0.05) is 0 Å². The highest BCUT2D eigenvalue weighted by atomic mass is 16.5. The first-order valence-corrected chi connectivity index (χ1v) is 5.08. The number of anilines is 1. The van der Waals surface area contributed by atoms with Crippen molar-refractivity contribution in [2.24, 2.45) is 7.05 Å². The Hall–Kier alpha value is -2.48. The highest BCUT2D eigenvalue weighted by Gasteiger charge is 2.06. The van der Waals surface area contributed by atoms with Crippen LogP contribution in [0.25, 0.3) is 0 Å². The molecule has 86 valence electrons. The van der Waals surface area contributed by atoms with E-state index in [1.165, 1.54) is 0 Å². The van der Waals surface area contributed by atoms with E-state index >= 15 is 0 Å². The van der Waals surface area contributed by atoms with Crippen LogP contribution in [0.4, 0.5) is 5.69 Å². The van der Waals surface area contributed by atoms with E-state index < -0.39 is 0 Å². The Morgan fingerprint density at radius 1 is 1.41 bits per heavy atom. The molecule has 0 saturated heterocycles. The van der Waals surface area contributed by atoms with Gasteiger partial charge in [0.2, 0.25) is 5.88 Å². The van der Waals surface area contributed by atoms with Crippen LogP contribution in [0.1, 0.15) is 11.3 Å². The number of hydrogen-bond acceptors (Lipinski definition) is 4. The molecule has 0 radical (unpaired) electrons. The van der Waals surface area contributed by atoms with Crippen LogP contribution in [0.5, 0.6) is 11.6 Å². The summed E-state index contributed by atoms with van der Waals surface area (Å²) in [7, 11) is 1.80. The smallest absolute Gasteiger partial charge is 0.217 e. The summed E-state index contributed by atoms with van der Waals surface area (Å²) in [6, 6.07) is 8.80. The predicted octanol–water partition coefficient (Wildman–Crippen LogP) is 1.97. The van der Waals surface area contributed by atoms with Crippen LogP contribution >= 0.6 is 0 Å². The maximum absolute atomic E-state index is 8.76.